The van der Waals surface area contributed by atoms with Crippen molar-refractivity contribution in [2.24, 2.45) is 10.2 Å². The first kappa shape index (κ1) is 20.6. The van der Waals surface area contributed by atoms with Crippen LogP contribution in [-0.4, -0.2) is 32.6 Å². The van der Waals surface area contributed by atoms with Crippen LogP contribution in [0.1, 0.15) is 21.5 Å². The van der Waals surface area contributed by atoms with Crippen molar-refractivity contribution < 1.29 is 14.3 Å². The van der Waals surface area contributed by atoms with Gasteiger partial charge in [0.1, 0.15) is 11.5 Å². The monoisotopic (exact) mass is 402 g/mol. The number of carbonyl (C=O) groups is 1. The molecule has 7 nitrogen and oxygen atoms in total. The molecule has 1 amide bonds. The minimum absolute atomic E-state index is 0.324. The second-order valence-electron chi connectivity index (χ2n) is 6.20. The van der Waals surface area contributed by atoms with E-state index in [1.54, 1.807) is 44.8 Å². The summed E-state index contributed by atoms with van der Waals surface area (Å²) in [6.45, 7) is 0. The summed E-state index contributed by atoms with van der Waals surface area (Å²) >= 11 is 0. The normalized spacial score (nSPS) is 10.9. The molecule has 0 aliphatic rings. The number of nitrogens with zero attached hydrogens (tertiary/aromatic N) is 2. The van der Waals surface area contributed by atoms with E-state index in [-0.39, 0.29) is 5.91 Å². The Bertz CT molecular complexity index is 1060. The van der Waals surface area contributed by atoms with Crippen molar-refractivity contribution in [2.45, 2.75) is 0 Å². The number of methoxy groups -OCH3 is 2. The first-order chi connectivity index (χ1) is 14.7. The summed E-state index contributed by atoms with van der Waals surface area (Å²) in [7, 11) is 3.21. The molecule has 0 fully saturated rings. The van der Waals surface area contributed by atoms with Crippen molar-refractivity contribution in [1.29, 1.82) is 0 Å². The van der Waals surface area contributed by atoms with Crippen LogP contribution in [0.15, 0.2) is 83.0 Å². The second-order valence-corrected chi connectivity index (χ2v) is 6.20. The molecule has 0 aliphatic carbocycles. The maximum atomic E-state index is 12.3. The molecule has 2 N–H and O–H groups in total. The third-order valence-electron chi connectivity index (χ3n) is 4.10. The minimum Gasteiger partial charge on any atom is -0.497 e. The van der Waals surface area contributed by atoms with Gasteiger partial charge < -0.3 is 9.47 Å². The van der Waals surface area contributed by atoms with Crippen LogP contribution < -0.4 is 20.3 Å². The second kappa shape index (κ2) is 10.4. The van der Waals surface area contributed by atoms with Crippen LogP contribution in [0, 0.1) is 0 Å². The number of benzene rings is 3. The lowest BCUT2D eigenvalue weighted by molar-refractivity contribution is 0.0955. The van der Waals surface area contributed by atoms with Gasteiger partial charge in [-0.2, -0.15) is 10.2 Å². The smallest absolute Gasteiger partial charge is 0.271 e. The summed E-state index contributed by atoms with van der Waals surface area (Å²) in [6.07, 6.45) is 3.23. The highest BCUT2D eigenvalue weighted by molar-refractivity contribution is 5.95. The van der Waals surface area contributed by atoms with E-state index in [0.29, 0.717) is 11.3 Å². The van der Waals surface area contributed by atoms with Gasteiger partial charge in [-0.05, 0) is 53.6 Å². The van der Waals surface area contributed by atoms with E-state index in [0.717, 1.165) is 22.6 Å². The summed E-state index contributed by atoms with van der Waals surface area (Å²) in [5.74, 6) is 1.15. The molecule has 0 aliphatic heterocycles. The summed E-state index contributed by atoms with van der Waals surface area (Å²) in [6, 6.07) is 21.9. The lowest BCUT2D eigenvalue weighted by atomic mass is 10.2. The van der Waals surface area contributed by atoms with Gasteiger partial charge in [-0.3, -0.25) is 10.2 Å². The third-order valence-corrected chi connectivity index (χ3v) is 4.10. The number of ether oxygens (including phenoxy) is 2. The Hall–Kier alpha value is -4.13. The van der Waals surface area contributed by atoms with E-state index in [2.05, 4.69) is 21.1 Å². The Morgan fingerprint density at radius 3 is 2.03 bits per heavy atom. The number of carbonyl (C=O) groups excluding carboxylic acids is 1. The molecule has 3 aromatic carbocycles. The maximum absolute atomic E-state index is 12.3. The fraction of sp³-hybridized carbons (Fsp3) is 0.0870. The molecule has 0 saturated carbocycles. The van der Waals surface area contributed by atoms with Gasteiger partial charge in [0.05, 0.1) is 32.3 Å². The van der Waals surface area contributed by atoms with E-state index in [1.165, 1.54) is 0 Å². The third kappa shape index (κ3) is 5.93. The summed E-state index contributed by atoms with van der Waals surface area (Å²) in [4.78, 5) is 12.3. The van der Waals surface area contributed by atoms with E-state index in [9.17, 15) is 4.79 Å². The summed E-state index contributed by atoms with van der Waals surface area (Å²) in [5, 5.41) is 8.20. The zero-order valence-corrected chi connectivity index (χ0v) is 16.7. The van der Waals surface area contributed by atoms with Crippen molar-refractivity contribution >= 4 is 24.0 Å². The number of nitrogens with one attached hydrogen (secondary N) is 2. The fourth-order valence-corrected chi connectivity index (χ4v) is 2.58. The molecule has 0 heterocycles. The molecule has 0 radical (unpaired) electrons. The Morgan fingerprint density at radius 2 is 1.40 bits per heavy atom. The molecule has 7 heteroatoms. The van der Waals surface area contributed by atoms with Gasteiger partial charge in [0.2, 0.25) is 0 Å². The average Bonchev–Trinajstić information content (AvgIpc) is 2.79. The Morgan fingerprint density at radius 1 is 0.800 bits per heavy atom. The van der Waals surface area contributed by atoms with Crippen LogP contribution >= 0.6 is 0 Å². The van der Waals surface area contributed by atoms with Crippen molar-refractivity contribution in [3.63, 3.8) is 0 Å². The fourth-order valence-electron chi connectivity index (χ4n) is 2.58. The first-order valence-electron chi connectivity index (χ1n) is 9.18. The van der Waals surface area contributed by atoms with Crippen molar-refractivity contribution in [1.82, 2.24) is 5.43 Å². The number of anilines is 1. The molecular weight excluding hydrogens is 380 g/mol. The number of hydrazone groups is 2. The molecule has 30 heavy (non-hydrogen) atoms. The molecule has 3 rings (SSSR count). The maximum Gasteiger partial charge on any atom is 0.271 e. The Labute approximate surface area is 175 Å². The van der Waals surface area contributed by atoms with Gasteiger partial charge in [-0.1, -0.05) is 30.3 Å². The van der Waals surface area contributed by atoms with Crippen molar-refractivity contribution in [3.05, 3.63) is 89.5 Å². The van der Waals surface area contributed by atoms with Crippen LogP contribution in [0.5, 0.6) is 11.5 Å². The van der Waals surface area contributed by atoms with Crippen LogP contribution in [-0.2, 0) is 0 Å². The van der Waals surface area contributed by atoms with Gasteiger partial charge in [0, 0.05) is 5.56 Å². The standard InChI is InChI=1S/C23H22N4O3/c1-29-21-10-3-6-17(12-21)15-24-26-20-9-5-8-19(14-20)23(28)27-25-16-18-7-4-11-22(13-18)30-2/h3-16,26H,1-2H3,(H,27,28). The van der Waals surface area contributed by atoms with Crippen LogP contribution in [0.4, 0.5) is 5.69 Å². The van der Waals surface area contributed by atoms with E-state index in [1.807, 2.05) is 54.6 Å². The van der Waals surface area contributed by atoms with Crippen LogP contribution in [0.25, 0.3) is 0 Å². The number of hydrogen-bond acceptors (Lipinski definition) is 6. The van der Waals surface area contributed by atoms with E-state index < -0.39 is 0 Å². The largest absolute Gasteiger partial charge is 0.497 e. The zero-order valence-electron chi connectivity index (χ0n) is 16.7. The topological polar surface area (TPSA) is 84.3 Å². The molecular formula is C23H22N4O3. The van der Waals surface area contributed by atoms with Crippen LogP contribution in [0.3, 0.4) is 0 Å². The molecule has 152 valence electrons. The number of hydrogen-bond donors (Lipinski definition) is 2. The molecule has 0 saturated heterocycles. The quantitative estimate of drug-likeness (QED) is 0.442. The van der Waals surface area contributed by atoms with Crippen molar-refractivity contribution in [3.8, 4) is 11.5 Å². The molecule has 3 aromatic rings. The van der Waals surface area contributed by atoms with Gasteiger partial charge >= 0.3 is 0 Å². The van der Waals surface area contributed by atoms with Gasteiger partial charge in [0.15, 0.2) is 0 Å². The Balaban J connectivity index is 1.59. The highest BCUT2D eigenvalue weighted by atomic mass is 16.5. The first-order valence-corrected chi connectivity index (χ1v) is 9.18. The average molecular weight is 402 g/mol. The molecule has 0 unspecified atom stereocenters. The highest BCUT2D eigenvalue weighted by Crippen LogP contribution is 2.13. The summed E-state index contributed by atoms with van der Waals surface area (Å²) in [5.41, 5.74) is 8.28. The molecule has 0 aromatic heterocycles. The molecule has 0 spiro atoms. The van der Waals surface area contributed by atoms with Gasteiger partial charge in [-0.15, -0.1) is 0 Å². The predicted molar refractivity (Wildman–Crippen MR) is 119 cm³/mol. The number of amides is 1. The lowest BCUT2D eigenvalue weighted by Gasteiger charge is -2.04. The van der Waals surface area contributed by atoms with E-state index in [4.69, 9.17) is 9.47 Å². The van der Waals surface area contributed by atoms with Crippen LogP contribution in [0.2, 0.25) is 0 Å². The molecule has 0 bridgehead atoms. The lowest BCUT2D eigenvalue weighted by Crippen LogP contribution is -2.17. The van der Waals surface area contributed by atoms with E-state index >= 15 is 0 Å². The van der Waals surface area contributed by atoms with Crippen molar-refractivity contribution in [2.75, 3.05) is 19.6 Å². The van der Waals surface area contributed by atoms with Gasteiger partial charge in [0.25, 0.3) is 5.91 Å². The number of rotatable bonds is 8. The minimum atomic E-state index is -0.324. The predicted octanol–water partition coefficient (Wildman–Crippen LogP) is 3.91. The SMILES string of the molecule is COc1cccc(C=NNC(=O)c2cccc(NN=Cc3cccc(OC)c3)c2)c1. The zero-order chi connectivity index (χ0) is 21.2. The van der Waals surface area contributed by atoms with Gasteiger partial charge in [-0.25, -0.2) is 5.43 Å². The molecule has 0 atom stereocenters. The Kier molecular flexibility index (Phi) is 7.16. The highest BCUT2D eigenvalue weighted by Gasteiger charge is 2.05. The summed E-state index contributed by atoms with van der Waals surface area (Å²) < 4.78 is 10.4.